The fourth-order valence-electron chi connectivity index (χ4n) is 1.43. The van der Waals surface area contributed by atoms with Crippen molar-refractivity contribution in [1.82, 2.24) is 0 Å². The van der Waals surface area contributed by atoms with Crippen LogP contribution in [-0.2, 0) is 10.5 Å². The first kappa shape index (κ1) is 11.5. The van der Waals surface area contributed by atoms with E-state index in [2.05, 4.69) is 17.5 Å². The number of carboxylic acid groups (broad SMARTS) is 1. The molecule has 2 rings (SSSR count). The van der Waals surface area contributed by atoms with Crippen molar-refractivity contribution in [2.45, 2.75) is 17.9 Å². The molecule has 1 N–H and O–H groups in total. The lowest BCUT2D eigenvalue weighted by Crippen LogP contribution is -2.11. The summed E-state index contributed by atoms with van der Waals surface area (Å²) >= 11 is 3.18. The van der Waals surface area contributed by atoms with Crippen LogP contribution in [0.1, 0.15) is 12.5 Å². The van der Waals surface area contributed by atoms with Crippen LogP contribution in [0.15, 0.2) is 29.6 Å². The first-order valence-electron chi connectivity index (χ1n) is 4.98. The highest BCUT2D eigenvalue weighted by Gasteiger charge is 2.12. The van der Waals surface area contributed by atoms with Gasteiger partial charge in [0, 0.05) is 10.5 Å². The van der Waals surface area contributed by atoms with Crippen molar-refractivity contribution in [3.05, 3.63) is 35.2 Å². The predicted octanol–water partition coefficient (Wildman–Crippen LogP) is 3.61. The molecule has 0 aliphatic rings. The predicted molar refractivity (Wildman–Crippen MR) is 70.2 cm³/mol. The van der Waals surface area contributed by atoms with Gasteiger partial charge in [-0.05, 0) is 29.3 Å². The van der Waals surface area contributed by atoms with Crippen molar-refractivity contribution < 1.29 is 9.90 Å². The molecule has 2 nitrogen and oxygen atoms in total. The van der Waals surface area contributed by atoms with E-state index in [4.69, 9.17) is 5.11 Å². The molecule has 2 aromatic rings. The molecule has 0 bridgehead atoms. The fraction of sp³-hybridized carbons (Fsp3) is 0.250. The first-order valence-corrected chi connectivity index (χ1v) is 6.91. The number of carbonyl (C=O) groups is 1. The van der Waals surface area contributed by atoms with Crippen molar-refractivity contribution >= 4 is 39.2 Å². The number of carboxylic acids is 1. The zero-order valence-corrected chi connectivity index (χ0v) is 10.5. The molecule has 1 unspecified atom stereocenters. The molecule has 16 heavy (non-hydrogen) atoms. The fourth-order valence-corrected chi connectivity index (χ4v) is 3.31. The molecule has 0 spiro atoms. The van der Waals surface area contributed by atoms with E-state index in [-0.39, 0.29) is 5.25 Å². The summed E-state index contributed by atoms with van der Waals surface area (Å²) in [5.41, 5.74) is 1.23. The normalized spacial score (nSPS) is 12.8. The van der Waals surface area contributed by atoms with Crippen LogP contribution in [0, 0.1) is 0 Å². The Kier molecular flexibility index (Phi) is 3.51. The Balaban J connectivity index is 2.13. The molecule has 1 aromatic carbocycles. The van der Waals surface area contributed by atoms with Gasteiger partial charge in [-0.2, -0.15) is 0 Å². The summed E-state index contributed by atoms with van der Waals surface area (Å²) in [7, 11) is 0. The van der Waals surface area contributed by atoms with Crippen LogP contribution >= 0.6 is 23.1 Å². The van der Waals surface area contributed by atoms with Crippen molar-refractivity contribution in [3.8, 4) is 0 Å². The van der Waals surface area contributed by atoms with Crippen LogP contribution in [-0.4, -0.2) is 16.3 Å². The van der Waals surface area contributed by atoms with Crippen molar-refractivity contribution in [3.63, 3.8) is 0 Å². The highest BCUT2D eigenvalue weighted by molar-refractivity contribution is 7.99. The van der Waals surface area contributed by atoms with Gasteiger partial charge in [-0.3, -0.25) is 4.79 Å². The lowest BCUT2D eigenvalue weighted by molar-refractivity contribution is -0.136. The molecule has 1 aromatic heterocycles. The van der Waals surface area contributed by atoms with Gasteiger partial charge in [-0.15, -0.1) is 23.1 Å². The smallest absolute Gasteiger partial charge is 0.316 e. The largest absolute Gasteiger partial charge is 0.480 e. The highest BCUT2D eigenvalue weighted by Crippen LogP contribution is 2.29. The van der Waals surface area contributed by atoms with Gasteiger partial charge in [0.05, 0.1) is 5.25 Å². The molecule has 0 saturated heterocycles. The van der Waals surface area contributed by atoms with E-state index in [1.165, 1.54) is 27.4 Å². The molecule has 4 heteroatoms. The maximum atomic E-state index is 10.7. The third-order valence-corrected chi connectivity index (χ3v) is 4.59. The number of hydrogen-bond acceptors (Lipinski definition) is 3. The maximum Gasteiger partial charge on any atom is 0.316 e. The summed E-state index contributed by atoms with van der Waals surface area (Å²) in [6.07, 6.45) is 0. The van der Waals surface area contributed by atoms with E-state index in [0.29, 0.717) is 0 Å². The Morgan fingerprint density at radius 2 is 2.25 bits per heavy atom. The molecule has 1 atom stereocenters. The lowest BCUT2D eigenvalue weighted by Gasteiger charge is -2.04. The molecule has 84 valence electrons. The van der Waals surface area contributed by atoms with Gasteiger partial charge in [0.15, 0.2) is 0 Å². The molecule has 0 fully saturated rings. The minimum atomic E-state index is -0.746. The van der Waals surface area contributed by atoms with Crippen LogP contribution in [0.5, 0.6) is 0 Å². The highest BCUT2D eigenvalue weighted by atomic mass is 32.2. The summed E-state index contributed by atoms with van der Waals surface area (Å²) in [6, 6.07) is 8.22. The Morgan fingerprint density at radius 3 is 3.00 bits per heavy atom. The summed E-state index contributed by atoms with van der Waals surface area (Å²) < 4.78 is 1.26. The third-order valence-electron chi connectivity index (χ3n) is 2.40. The molecule has 0 saturated carbocycles. The first-order chi connectivity index (χ1) is 7.68. The van der Waals surface area contributed by atoms with Gasteiger partial charge in [-0.25, -0.2) is 0 Å². The SMILES string of the molecule is CC(SCc1csc2ccccc12)C(=O)O. The Labute approximate surface area is 102 Å². The van der Waals surface area contributed by atoms with E-state index in [1.54, 1.807) is 18.3 Å². The number of rotatable bonds is 4. The van der Waals surface area contributed by atoms with E-state index < -0.39 is 5.97 Å². The molecule has 0 radical (unpaired) electrons. The van der Waals surface area contributed by atoms with Crippen LogP contribution < -0.4 is 0 Å². The zero-order chi connectivity index (χ0) is 11.5. The maximum absolute atomic E-state index is 10.7. The average molecular weight is 252 g/mol. The summed E-state index contributed by atoms with van der Waals surface area (Å²) in [5.74, 6) is 0.0156. The standard InChI is InChI=1S/C12H12O2S2/c1-8(12(13)14)15-6-9-7-16-11-5-3-2-4-10(9)11/h2-5,7-8H,6H2,1H3,(H,13,14). The number of hydrogen-bond donors (Lipinski definition) is 1. The molecule has 0 amide bonds. The molecular formula is C12H12O2S2. The summed E-state index contributed by atoms with van der Waals surface area (Å²) in [5, 5.41) is 11.8. The van der Waals surface area contributed by atoms with Gasteiger partial charge in [0.25, 0.3) is 0 Å². The molecule has 0 aliphatic heterocycles. The monoisotopic (exact) mass is 252 g/mol. The summed E-state index contributed by atoms with van der Waals surface area (Å²) in [4.78, 5) is 10.7. The van der Waals surface area contributed by atoms with E-state index in [9.17, 15) is 4.79 Å². The van der Waals surface area contributed by atoms with Gasteiger partial charge >= 0.3 is 5.97 Å². The van der Waals surface area contributed by atoms with Crippen LogP contribution in [0.25, 0.3) is 10.1 Å². The minimum absolute atomic E-state index is 0.348. The van der Waals surface area contributed by atoms with Gasteiger partial charge in [-0.1, -0.05) is 18.2 Å². The second-order valence-corrected chi connectivity index (χ2v) is 5.79. The van der Waals surface area contributed by atoms with Gasteiger partial charge in [0.2, 0.25) is 0 Å². The lowest BCUT2D eigenvalue weighted by atomic mass is 10.2. The Morgan fingerprint density at radius 1 is 1.50 bits per heavy atom. The topological polar surface area (TPSA) is 37.3 Å². The molecular weight excluding hydrogens is 240 g/mol. The van der Waals surface area contributed by atoms with Crippen molar-refractivity contribution in [2.24, 2.45) is 0 Å². The van der Waals surface area contributed by atoms with Crippen LogP contribution in [0.2, 0.25) is 0 Å². The van der Waals surface area contributed by atoms with Crippen molar-refractivity contribution in [2.75, 3.05) is 0 Å². The zero-order valence-electron chi connectivity index (χ0n) is 8.84. The quantitative estimate of drug-likeness (QED) is 0.903. The minimum Gasteiger partial charge on any atom is -0.480 e. The Bertz CT molecular complexity index is 504. The van der Waals surface area contributed by atoms with E-state index >= 15 is 0 Å². The molecule has 0 aliphatic carbocycles. The van der Waals surface area contributed by atoms with Crippen LogP contribution in [0.4, 0.5) is 0 Å². The Hall–Kier alpha value is -1.00. The van der Waals surface area contributed by atoms with Gasteiger partial charge < -0.3 is 5.11 Å². The van der Waals surface area contributed by atoms with E-state index in [1.807, 2.05) is 12.1 Å². The second-order valence-electron chi connectivity index (χ2n) is 3.55. The number of benzene rings is 1. The number of fused-ring (bicyclic) bond motifs is 1. The summed E-state index contributed by atoms with van der Waals surface area (Å²) in [6.45, 7) is 1.72. The van der Waals surface area contributed by atoms with Crippen molar-refractivity contribution in [1.29, 1.82) is 0 Å². The third kappa shape index (κ3) is 2.39. The number of aliphatic carboxylic acids is 1. The molecule has 1 heterocycles. The van der Waals surface area contributed by atoms with E-state index in [0.717, 1.165) is 5.75 Å². The van der Waals surface area contributed by atoms with Crippen LogP contribution in [0.3, 0.4) is 0 Å². The van der Waals surface area contributed by atoms with Gasteiger partial charge in [0.1, 0.15) is 0 Å². The number of thiophene rings is 1. The average Bonchev–Trinajstić information content (AvgIpc) is 2.69. The second kappa shape index (κ2) is 4.89. The number of thioether (sulfide) groups is 1.